The largest absolute Gasteiger partial charge is 0.450 e. The molecule has 1 saturated heterocycles. The Bertz CT molecular complexity index is 1510. The van der Waals surface area contributed by atoms with Gasteiger partial charge in [-0.1, -0.05) is 13.8 Å². The summed E-state index contributed by atoms with van der Waals surface area (Å²) < 4.78 is 38.1. The third-order valence-corrected chi connectivity index (χ3v) is 10.9. The molecule has 13 nitrogen and oxygen atoms in total. The standard InChI is InChI=1S/C31H43N5O8S2/c1-5-14-33(15-6-2)29(38)26-24-13-16-35(31(40)44-8-4)21-25(24)45-28(26)32-27(37)22-9-11-23(12-10-22)46(41,42)36-19-17-34(18-20-36)30(39)43-7-3/h9-12H,5-8,13-21H2,1-4H3,(H,32,37). The van der Waals surface area contributed by atoms with Gasteiger partial charge in [-0.15, -0.1) is 11.3 Å². The number of benzene rings is 1. The van der Waals surface area contributed by atoms with E-state index in [-0.39, 0.29) is 62.3 Å². The van der Waals surface area contributed by atoms with Crippen LogP contribution >= 0.6 is 11.3 Å². The number of hydrogen-bond acceptors (Lipinski definition) is 9. The lowest BCUT2D eigenvalue weighted by Gasteiger charge is -2.33. The molecule has 2 aliphatic rings. The number of nitrogens with zero attached hydrogens (tertiary/aromatic N) is 4. The molecule has 0 spiro atoms. The monoisotopic (exact) mass is 677 g/mol. The van der Waals surface area contributed by atoms with Gasteiger partial charge in [0.25, 0.3) is 11.8 Å². The number of carbonyl (C=O) groups is 4. The molecule has 0 aliphatic carbocycles. The van der Waals surface area contributed by atoms with E-state index >= 15 is 0 Å². The molecular weight excluding hydrogens is 635 g/mol. The number of hydrogen-bond donors (Lipinski definition) is 1. The number of piperazine rings is 1. The van der Waals surface area contributed by atoms with Crippen molar-refractivity contribution < 1.29 is 37.1 Å². The Balaban J connectivity index is 1.54. The van der Waals surface area contributed by atoms with Gasteiger partial charge in [0, 0.05) is 56.3 Å². The molecule has 1 N–H and O–H groups in total. The summed E-state index contributed by atoms with van der Waals surface area (Å²) in [6.07, 6.45) is 1.13. The highest BCUT2D eigenvalue weighted by molar-refractivity contribution is 7.89. The zero-order chi connectivity index (χ0) is 33.4. The van der Waals surface area contributed by atoms with Crippen LogP contribution in [-0.2, 0) is 32.5 Å². The van der Waals surface area contributed by atoms with Crippen LogP contribution in [0.15, 0.2) is 29.2 Å². The lowest BCUT2D eigenvalue weighted by molar-refractivity contribution is 0.0755. The number of amides is 4. The Hall–Kier alpha value is -3.69. The third-order valence-electron chi connectivity index (χ3n) is 7.82. The van der Waals surface area contributed by atoms with Crippen molar-refractivity contribution in [3.8, 4) is 0 Å². The third kappa shape index (κ3) is 7.81. The minimum atomic E-state index is -3.85. The fraction of sp³-hybridized carbons (Fsp3) is 0.548. The number of thiophene rings is 1. The highest BCUT2D eigenvalue weighted by atomic mass is 32.2. The molecule has 1 aromatic heterocycles. The van der Waals surface area contributed by atoms with Crippen molar-refractivity contribution in [2.45, 2.75) is 58.4 Å². The second-order valence-corrected chi connectivity index (χ2v) is 14.0. The van der Waals surface area contributed by atoms with Crippen molar-refractivity contribution in [2.75, 3.05) is 64.3 Å². The molecule has 0 unspecified atom stereocenters. The van der Waals surface area contributed by atoms with Crippen molar-refractivity contribution in [1.82, 2.24) is 19.0 Å². The van der Waals surface area contributed by atoms with Crippen LogP contribution in [0.4, 0.5) is 14.6 Å². The summed E-state index contributed by atoms with van der Waals surface area (Å²) in [5.74, 6) is -0.648. The molecule has 1 fully saturated rings. The van der Waals surface area contributed by atoms with Crippen molar-refractivity contribution in [3.05, 3.63) is 45.8 Å². The van der Waals surface area contributed by atoms with Crippen molar-refractivity contribution >= 4 is 50.4 Å². The molecule has 46 heavy (non-hydrogen) atoms. The summed E-state index contributed by atoms with van der Waals surface area (Å²) in [5, 5.41) is 3.31. The van der Waals surface area contributed by atoms with Gasteiger partial charge in [-0.2, -0.15) is 4.31 Å². The van der Waals surface area contributed by atoms with Crippen LogP contribution in [-0.4, -0.2) is 110 Å². The minimum Gasteiger partial charge on any atom is -0.450 e. The number of sulfonamides is 1. The maximum Gasteiger partial charge on any atom is 0.410 e. The van der Waals surface area contributed by atoms with Crippen LogP contribution < -0.4 is 5.32 Å². The molecule has 2 aromatic rings. The summed E-state index contributed by atoms with van der Waals surface area (Å²) in [6.45, 7) is 10.5. The number of rotatable bonds is 11. The molecule has 0 atom stereocenters. The first-order chi connectivity index (χ1) is 22.0. The van der Waals surface area contributed by atoms with Crippen molar-refractivity contribution in [2.24, 2.45) is 0 Å². The molecule has 252 valence electrons. The van der Waals surface area contributed by atoms with E-state index in [0.717, 1.165) is 23.3 Å². The average Bonchev–Trinajstić information content (AvgIpc) is 3.41. The van der Waals surface area contributed by atoms with E-state index in [0.29, 0.717) is 36.6 Å². The molecular formula is C31H43N5O8S2. The molecule has 1 aromatic carbocycles. The van der Waals surface area contributed by atoms with Gasteiger partial charge in [0.15, 0.2) is 0 Å². The van der Waals surface area contributed by atoms with Crippen LogP contribution in [0.2, 0.25) is 0 Å². The predicted molar refractivity (Wildman–Crippen MR) is 174 cm³/mol. The SMILES string of the molecule is CCCN(CCC)C(=O)c1c(NC(=O)c2ccc(S(=O)(=O)N3CCN(C(=O)OCC)CC3)cc2)sc2c1CCN(C(=O)OCC)C2. The van der Waals surface area contributed by atoms with E-state index < -0.39 is 28.1 Å². The van der Waals surface area contributed by atoms with Gasteiger partial charge in [0.05, 0.1) is 30.2 Å². The van der Waals surface area contributed by atoms with Crippen LogP contribution in [0.25, 0.3) is 0 Å². The van der Waals surface area contributed by atoms with E-state index in [1.165, 1.54) is 44.8 Å². The Morgan fingerprint density at radius 3 is 2.00 bits per heavy atom. The zero-order valence-electron chi connectivity index (χ0n) is 26.9. The topological polar surface area (TPSA) is 146 Å². The normalized spacial score (nSPS) is 15.2. The number of carbonyl (C=O) groups excluding carboxylic acids is 4. The highest BCUT2D eigenvalue weighted by Gasteiger charge is 2.33. The number of nitrogens with one attached hydrogen (secondary N) is 1. The lowest BCUT2D eigenvalue weighted by Crippen LogP contribution is -2.50. The average molecular weight is 678 g/mol. The smallest absolute Gasteiger partial charge is 0.410 e. The van der Waals surface area contributed by atoms with Gasteiger partial charge in [0.2, 0.25) is 10.0 Å². The van der Waals surface area contributed by atoms with Gasteiger partial charge >= 0.3 is 12.2 Å². The Morgan fingerprint density at radius 1 is 0.848 bits per heavy atom. The van der Waals surface area contributed by atoms with E-state index in [1.54, 1.807) is 23.6 Å². The Morgan fingerprint density at radius 2 is 1.43 bits per heavy atom. The molecule has 15 heteroatoms. The molecule has 4 amide bonds. The van der Waals surface area contributed by atoms with Gasteiger partial charge in [0.1, 0.15) is 5.00 Å². The Labute approximate surface area is 274 Å². The second-order valence-electron chi connectivity index (χ2n) is 10.9. The number of anilines is 1. The summed E-state index contributed by atoms with van der Waals surface area (Å²) in [7, 11) is -3.85. The fourth-order valence-corrected chi connectivity index (χ4v) is 8.20. The minimum absolute atomic E-state index is 0.0323. The summed E-state index contributed by atoms with van der Waals surface area (Å²) in [5.41, 5.74) is 1.50. The van der Waals surface area contributed by atoms with Gasteiger partial charge in [-0.05, 0) is 62.9 Å². The molecule has 0 bridgehead atoms. The van der Waals surface area contributed by atoms with Crippen molar-refractivity contribution in [3.63, 3.8) is 0 Å². The van der Waals surface area contributed by atoms with Gasteiger partial charge in [-0.3, -0.25) is 9.59 Å². The van der Waals surface area contributed by atoms with E-state index in [1.807, 2.05) is 13.8 Å². The maximum absolute atomic E-state index is 13.9. The van der Waals surface area contributed by atoms with E-state index in [9.17, 15) is 27.6 Å². The van der Waals surface area contributed by atoms with Gasteiger partial charge < -0.3 is 29.5 Å². The first-order valence-corrected chi connectivity index (χ1v) is 18.0. The summed E-state index contributed by atoms with van der Waals surface area (Å²) in [6, 6.07) is 5.65. The van der Waals surface area contributed by atoms with Crippen LogP contribution in [0.5, 0.6) is 0 Å². The first kappa shape index (κ1) is 35.2. The fourth-order valence-electron chi connectivity index (χ4n) is 5.53. The molecule has 0 radical (unpaired) electrons. The van der Waals surface area contributed by atoms with E-state index in [2.05, 4.69) is 5.32 Å². The summed E-state index contributed by atoms with van der Waals surface area (Å²) >= 11 is 1.27. The quantitative estimate of drug-likeness (QED) is 0.372. The zero-order valence-corrected chi connectivity index (χ0v) is 28.5. The first-order valence-electron chi connectivity index (χ1n) is 15.7. The van der Waals surface area contributed by atoms with Gasteiger partial charge in [-0.25, -0.2) is 18.0 Å². The summed E-state index contributed by atoms with van der Waals surface area (Å²) in [4.78, 5) is 57.5. The number of fused-ring (bicyclic) bond motifs is 1. The van der Waals surface area contributed by atoms with Crippen LogP contribution in [0.1, 0.15) is 71.7 Å². The Kier molecular flexibility index (Phi) is 12.0. The second kappa shape index (κ2) is 15.7. The van der Waals surface area contributed by atoms with Crippen molar-refractivity contribution in [1.29, 1.82) is 0 Å². The molecule has 4 rings (SSSR count). The molecule has 2 aliphatic heterocycles. The molecule has 3 heterocycles. The predicted octanol–water partition coefficient (Wildman–Crippen LogP) is 4.24. The highest BCUT2D eigenvalue weighted by Crippen LogP contribution is 2.38. The van der Waals surface area contributed by atoms with E-state index in [4.69, 9.17) is 9.47 Å². The molecule has 0 saturated carbocycles. The van der Waals surface area contributed by atoms with Crippen LogP contribution in [0.3, 0.4) is 0 Å². The number of ether oxygens (including phenoxy) is 2. The lowest BCUT2D eigenvalue weighted by atomic mass is 10.0. The van der Waals surface area contributed by atoms with Crippen LogP contribution in [0, 0.1) is 0 Å². The maximum atomic E-state index is 13.9.